The number of unbranched alkanes of at least 4 members (excludes halogenated alkanes) is 3. The number of rotatable bonds is 8. The van der Waals surface area contributed by atoms with Crippen LogP contribution in [0.4, 0.5) is 0 Å². The van der Waals surface area contributed by atoms with Crippen molar-refractivity contribution in [2.75, 3.05) is 13.1 Å². The predicted molar refractivity (Wildman–Crippen MR) is 92.5 cm³/mol. The van der Waals surface area contributed by atoms with Gasteiger partial charge in [-0.1, -0.05) is 62.6 Å². The molecule has 1 aliphatic rings. The van der Waals surface area contributed by atoms with Crippen LogP contribution in [0.25, 0.3) is 6.08 Å². The van der Waals surface area contributed by atoms with E-state index in [2.05, 4.69) is 59.7 Å². The summed E-state index contributed by atoms with van der Waals surface area (Å²) in [6, 6.07) is 10.7. The van der Waals surface area contributed by atoms with Crippen LogP contribution >= 0.6 is 0 Å². The molecule has 0 aliphatic carbocycles. The van der Waals surface area contributed by atoms with Crippen molar-refractivity contribution in [3.8, 4) is 0 Å². The first kappa shape index (κ1) is 15.8. The van der Waals surface area contributed by atoms with Crippen LogP contribution in [0.5, 0.6) is 0 Å². The minimum Gasteiger partial charge on any atom is -0.293 e. The highest BCUT2D eigenvalue weighted by Crippen LogP contribution is 2.17. The van der Waals surface area contributed by atoms with Gasteiger partial charge in [-0.3, -0.25) is 5.01 Å². The van der Waals surface area contributed by atoms with Gasteiger partial charge in [0.1, 0.15) is 0 Å². The van der Waals surface area contributed by atoms with Gasteiger partial charge in [0.2, 0.25) is 0 Å². The molecular formula is C19H28N2. The lowest BCUT2D eigenvalue weighted by Crippen LogP contribution is -2.24. The zero-order valence-electron chi connectivity index (χ0n) is 13.3. The van der Waals surface area contributed by atoms with Gasteiger partial charge in [0.25, 0.3) is 0 Å². The van der Waals surface area contributed by atoms with E-state index in [0.29, 0.717) is 0 Å². The van der Waals surface area contributed by atoms with Crippen molar-refractivity contribution in [3.63, 3.8) is 0 Å². The number of hydrazone groups is 1. The van der Waals surface area contributed by atoms with E-state index in [-0.39, 0.29) is 0 Å². The summed E-state index contributed by atoms with van der Waals surface area (Å²) in [5.41, 5.74) is 2.82. The van der Waals surface area contributed by atoms with Gasteiger partial charge in [0, 0.05) is 12.8 Å². The van der Waals surface area contributed by atoms with E-state index < -0.39 is 0 Å². The molecule has 21 heavy (non-hydrogen) atoms. The Bertz CT molecular complexity index is 448. The molecule has 2 nitrogen and oxygen atoms in total. The van der Waals surface area contributed by atoms with Crippen molar-refractivity contribution in [1.29, 1.82) is 0 Å². The van der Waals surface area contributed by atoms with Gasteiger partial charge in [0.15, 0.2) is 0 Å². The number of nitrogens with zero attached hydrogens (tertiary/aromatic N) is 2. The first-order valence-corrected chi connectivity index (χ1v) is 8.40. The quantitative estimate of drug-likeness (QED) is 0.605. The van der Waals surface area contributed by atoms with Crippen LogP contribution in [0.1, 0.15) is 57.4 Å². The molecule has 1 aromatic rings. The molecule has 0 radical (unpaired) electrons. The van der Waals surface area contributed by atoms with Crippen LogP contribution in [0.3, 0.4) is 0 Å². The Kier molecular flexibility index (Phi) is 7.06. The van der Waals surface area contributed by atoms with Crippen LogP contribution in [0, 0.1) is 0 Å². The third-order valence-electron chi connectivity index (χ3n) is 3.90. The molecule has 0 amide bonds. The Labute approximate surface area is 129 Å². The van der Waals surface area contributed by atoms with Crippen LogP contribution in [0.2, 0.25) is 0 Å². The lowest BCUT2D eigenvalue weighted by Gasteiger charge is -2.23. The number of hydrogen-bond donors (Lipinski definition) is 0. The van der Waals surface area contributed by atoms with Crippen molar-refractivity contribution in [2.45, 2.75) is 51.9 Å². The highest BCUT2D eigenvalue weighted by molar-refractivity contribution is 5.57. The van der Waals surface area contributed by atoms with E-state index in [9.17, 15) is 0 Å². The summed E-state index contributed by atoms with van der Waals surface area (Å²) < 4.78 is 0. The smallest absolute Gasteiger partial charge is 0.0573 e. The minimum atomic E-state index is 0.984. The van der Waals surface area contributed by atoms with Crippen LogP contribution in [-0.4, -0.2) is 24.3 Å². The van der Waals surface area contributed by atoms with Crippen LogP contribution in [-0.2, 0) is 0 Å². The second-order valence-corrected chi connectivity index (χ2v) is 5.85. The van der Waals surface area contributed by atoms with Crippen LogP contribution < -0.4 is 0 Å². The molecule has 1 aromatic carbocycles. The van der Waals surface area contributed by atoms with Crippen molar-refractivity contribution in [1.82, 2.24) is 5.01 Å². The average molecular weight is 284 g/mol. The Morgan fingerprint density at radius 3 is 2.76 bits per heavy atom. The second-order valence-electron chi connectivity index (χ2n) is 5.85. The molecule has 1 aliphatic heterocycles. The molecule has 0 atom stereocenters. The lowest BCUT2D eigenvalue weighted by molar-refractivity contribution is 0.297. The largest absolute Gasteiger partial charge is 0.293 e. The first-order chi connectivity index (χ1) is 10.4. The molecule has 0 spiro atoms. The van der Waals surface area contributed by atoms with Gasteiger partial charge in [-0.25, -0.2) is 0 Å². The van der Waals surface area contributed by atoms with Gasteiger partial charge >= 0.3 is 0 Å². The molecule has 0 N–H and O–H groups in total. The van der Waals surface area contributed by atoms with Crippen molar-refractivity contribution < 1.29 is 0 Å². The zero-order valence-corrected chi connectivity index (χ0v) is 13.3. The van der Waals surface area contributed by atoms with Crippen molar-refractivity contribution >= 4 is 12.3 Å². The number of benzene rings is 1. The van der Waals surface area contributed by atoms with E-state index >= 15 is 0 Å². The van der Waals surface area contributed by atoms with Gasteiger partial charge in [0.05, 0.1) is 6.54 Å². The molecular weight excluding hydrogens is 256 g/mol. The summed E-state index contributed by atoms with van der Waals surface area (Å²) in [4.78, 5) is 0. The highest BCUT2D eigenvalue weighted by atomic mass is 15.4. The van der Waals surface area contributed by atoms with Gasteiger partial charge < -0.3 is 0 Å². The molecule has 0 aromatic heterocycles. The fraction of sp³-hybridized carbons (Fsp3) is 0.526. The van der Waals surface area contributed by atoms with E-state index in [1.807, 2.05) is 0 Å². The molecule has 0 unspecified atom stereocenters. The van der Waals surface area contributed by atoms with E-state index in [0.717, 1.165) is 19.5 Å². The lowest BCUT2D eigenvalue weighted by atomic mass is 10.0. The zero-order chi connectivity index (χ0) is 14.8. The second kappa shape index (κ2) is 9.38. The monoisotopic (exact) mass is 284 g/mol. The fourth-order valence-electron chi connectivity index (χ4n) is 2.71. The maximum absolute atomic E-state index is 4.52. The summed E-state index contributed by atoms with van der Waals surface area (Å²) in [6.45, 7) is 4.35. The topological polar surface area (TPSA) is 15.6 Å². The Balaban J connectivity index is 1.97. The Morgan fingerprint density at radius 2 is 2.05 bits per heavy atom. The SMILES string of the molecule is CCCCCC/C(=C\c1ccccc1)CN1CCCC=N1. The maximum atomic E-state index is 4.52. The molecule has 2 rings (SSSR count). The van der Waals surface area contributed by atoms with Gasteiger partial charge in [-0.2, -0.15) is 5.10 Å². The third kappa shape index (κ3) is 6.16. The average Bonchev–Trinajstić information content (AvgIpc) is 2.53. The molecule has 0 bridgehead atoms. The van der Waals surface area contributed by atoms with E-state index in [1.165, 1.54) is 49.7 Å². The summed E-state index contributed by atoms with van der Waals surface area (Å²) in [5.74, 6) is 0. The molecule has 114 valence electrons. The summed E-state index contributed by atoms with van der Waals surface area (Å²) in [7, 11) is 0. The molecule has 0 saturated carbocycles. The number of hydrogen-bond acceptors (Lipinski definition) is 2. The minimum absolute atomic E-state index is 0.984. The summed E-state index contributed by atoms with van der Waals surface area (Å²) in [6.07, 6.45) is 13.3. The fourth-order valence-corrected chi connectivity index (χ4v) is 2.71. The summed E-state index contributed by atoms with van der Waals surface area (Å²) >= 11 is 0. The molecule has 2 heteroatoms. The summed E-state index contributed by atoms with van der Waals surface area (Å²) in [5, 5.41) is 6.74. The first-order valence-electron chi connectivity index (χ1n) is 8.40. The molecule has 0 saturated heterocycles. The maximum Gasteiger partial charge on any atom is 0.0573 e. The Hall–Kier alpha value is -1.57. The van der Waals surface area contributed by atoms with Crippen LogP contribution in [0.15, 0.2) is 41.0 Å². The third-order valence-corrected chi connectivity index (χ3v) is 3.90. The van der Waals surface area contributed by atoms with Gasteiger partial charge in [-0.05, 0) is 36.8 Å². The van der Waals surface area contributed by atoms with E-state index in [1.54, 1.807) is 0 Å². The predicted octanol–water partition coefficient (Wildman–Crippen LogP) is 5.12. The van der Waals surface area contributed by atoms with Gasteiger partial charge in [-0.15, -0.1) is 0 Å². The Morgan fingerprint density at radius 1 is 1.19 bits per heavy atom. The molecule has 1 heterocycles. The van der Waals surface area contributed by atoms with Crippen molar-refractivity contribution in [3.05, 3.63) is 41.5 Å². The van der Waals surface area contributed by atoms with E-state index in [4.69, 9.17) is 0 Å². The van der Waals surface area contributed by atoms with Crippen molar-refractivity contribution in [2.24, 2.45) is 5.10 Å². The normalized spacial score (nSPS) is 15.5. The highest BCUT2D eigenvalue weighted by Gasteiger charge is 2.08. The standard InChI is InChI=1S/C19H28N2/c1-2-3-4-6-13-19(16-18-11-7-5-8-12-18)17-21-15-10-9-14-20-21/h5,7-8,11-12,14,16H,2-4,6,9-10,13,15,17H2,1H3/b19-16+. The molecule has 0 fully saturated rings.